The summed E-state index contributed by atoms with van der Waals surface area (Å²) in [6.07, 6.45) is 0. The van der Waals surface area contributed by atoms with E-state index >= 15 is 0 Å². The van der Waals surface area contributed by atoms with E-state index in [2.05, 4.69) is 48.2 Å². The van der Waals surface area contributed by atoms with Crippen LogP contribution in [0.25, 0.3) is 10.4 Å². The van der Waals surface area contributed by atoms with E-state index in [1.165, 1.54) is 24.0 Å². The van der Waals surface area contributed by atoms with Gasteiger partial charge in [0.15, 0.2) is 5.38 Å². The number of thiocarbonyl (C=S) groups is 1. The molecule has 0 bridgehead atoms. The van der Waals surface area contributed by atoms with Crippen molar-refractivity contribution in [1.82, 2.24) is 5.43 Å². The number of aromatic hydroxyl groups is 1. The van der Waals surface area contributed by atoms with Gasteiger partial charge in [-0.15, -0.1) is 11.3 Å². The van der Waals surface area contributed by atoms with Gasteiger partial charge in [0.05, 0.1) is 23.3 Å². The Labute approximate surface area is 200 Å². The second-order valence-corrected chi connectivity index (χ2v) is 11.0. The van der Waals surface area contributed by atoms with Gasteiger partial charge in [-0.1, -0.05) is 45.0 Å². The summed E-state index contributed by atoms with van der Waals surface area (Å²) in [5.41, 5.74) is 6.28. The molecule has 168 valence electrons. The first-order valence-corrected chi connectivity index (χ1v) is 12.4. The Balaban J connectivity index is 1.71. The molecule has 0 fully saturated rings. The highest BCUT2D eigenvalue weighted by Gasteiger charge is 2.23. The van der Waals surface area contributed by atoms with E-state index in [-0.39, 0.29) is 16.3 Å². The maximum absolute atomic E-state index is 11.8. The largest absolute Gasteiger partial charge is 0.506 e. The summed E-state index contributed by atoms with van der Waals surface area (Å²) in [4.78, 5) is 13.1. The molecule has 0 aliphatic rings. The molecule has 2 aromatic heterocycles. The van der Waals surface area contributed by atoms with Gasteiger partial charge in [-0.05, 0) is 41.7 Å². The van der Waals surface area contributed by atoms with Gasteiger partial charge in [0, 0.05) is 11.4 Å². The van der Waals surface area contributed by atoms with Gasteiger partial charge in [0.25, 0.3) is 4.88 Å². The quantitative estimate of drug-likeness (QED) is 0.138. The van der Waals surface area contributed by atoms with Crippen LogP contribution in [0.15, 0.2) is 52.3 Å². The molecule has 32 heavy (non-hydrogen) atoms. The molecule has 0 aliphatic heterocycles. The highest BCUT2D eigenvalue weighted by Crippen LogP contribution is 2.39. The number of hydrogen-bond donors (Lipinski definition) is 3. The first kappa shape index (κ1) is 23.9. The van der Waals surface area contributed by atoms with Crippen molar-refractivity contribution in [3.05, 3.63) is 63.2 Å². The van der Waals surface area contributed by atoms with Crippen LogP contribution < -0.4 is 10.1 Å². The monoisotopic (exact) mass is 488 g/mol. The molecule has 0 aliphatic carbocycles. The molecule has 1 aromatic carbocycles. The summed E-state index contributed by atoms with van der Waals surface area (Å²) in [6, 6.07) is 11.7. The molecule has 0 radical (unpaired) electrons. The van der Waals surface area contributed by atoms with E-state index in [9.17, 15) is 9.90 Å². The Bertz CT molecular complexity index is 1160. The molecular weight excluding hydrogens is 462 g/mol. The third-order valence-corrected chi connectivity index (χ3v) is 7.75. The Morgan fingerprint density at radius 1 is 1.22 bits per heavy atom. The number of rotatable bonds is 5. The van der Waals surface area contributed by atoms with Crippen LogP contribution in [0.4, 0.5) is 0 Å². The SMILES string of the molecule is COC(=O)c1ccc[s+]1NC(=S)NN=C(C)c1csc(-c2ccc(C(C)(C)C)cc2)c1O. The van der Waals surface area contributed by atoms with Gasteiger partial charge >= 0.3 is 5.97 Å². The fourth-order valence-electron chi connectivity index (χ4n) is 2.95. The lowest BCUT2D eigenvalue weighted by molar-refractivity contribution is 0.0606. The molecule has 1 unspecified atom stereocenters. The second-order valence-electron chi connectivity index (χ2n) is 8.08. The summed E-state index contributed by atoms with van der Waals surface area (Å²) < 4.78 is 7.82. The molecule has 3 rings (SSSR count). The minimum absolute atomic E-state index is 0.0742. The number of nitrogens with zero attached hydrogens (tertiary/aromatic N) is 1. The molecule has 2 heterocycles. The van der Waals surface area contributed by atoms with Crippen molar-refractivity contribution in [2.75, 3.05) is 11.8 Å². The van der Waals surface area contributed by atoms with Gasteiger partial charge in [0.2, 0.25) is 5.11 Å². The van der Waals surface area contributed by atoms with E-state index in [0.717, 1.165) is 10.4 Å². The van der Waals surface area contributed by atoms with Gasteiger partial charge in [0.1, 0.15) is 16.4 Å². The van der Waals surface area contributed by atoms with Crippen molar-refractivity contribution >= 4 is 51.0 Å². The predicted octanol–water partition coefficient (Wildman–Crippen LogP) is 5.80. The number of ether oxygens (including phenoxy) is 1. The molecule has 0 spiro atoms. The van der Waals surface area contributed by atoms with Crippen LogP contribution >= 0.6 is 34.2 Å². The fraction of sp³-hybridized carbons (Fsp3) is 0.261. The van der Waals surface area contributed by atoms with E-state index < -0.39 is 16.6 Å². The Morgan fingerprint density at radius 3 is 2.53 bits per heavy atom. The molecule has 1 atom stereocenters. The topological polar surface area (TPSA) is 83.0 Å². The van der Waals surface area contributed by atoms with Crippen LogP contribution in [0, 0.1) is 0 Å². The highest BCUT2D eigenvalue weighted by molar-refractivity contribution is 7.81. The zero-order valence-electron chi connectivity index (χ0n) is 18.6. The molecular formula is C23H26N3O3S3+. The van der Waals surface area contributed by atoms with Crippen molar-refractivity contribution < 1.29 is 14.6 Å². The number of carbonyl (C=O) groups excluding carboxylic acids is 1. The summed E-state index contributed by atoms with van der Waals surface area (Å²) in [7, 11) is 0.659. The summed E-state index contributed by atoms with van der Waals surface area (Å²) in [5, 5.41) is 19.1. The molecule has 0 saturated heterocycles. The number of carbonyl (C=O) groups is 1. The van der Waals surface area contributed by atoms with Crippen LogP contribution in [0.2, 0.25) is 0 Å². The van der Waals surface area contributed by atoms with E-state index in [1.54, 1.807) is 19.1 Å². The Kier molecular flexibility index (Phi) is 7.33. The molecule has 0 amide bonds. The van der Waals surface area contributed by atoms with Gasteiger partial charge in [-0.2, -0.15) is 9.82 Å². The lowest BCUT2D eigenvalue weighted by atomic mass is 9.86. The van der Waals surface area contributed by atoms with Crippen molar-refractivity contribution in [2.24, 2.45) is 5.10 Å². The molecule has 0 saturated carbocycles. The fourth-order valence-corrected chi connectivity index (χ4v) is 5.57. The maximum Gasteiger partial charge on any atom is 0.393 e. The first-order chi connectivity index (χ1) is 15.1. The normalized spacial score (nSPS) is 12.4. The van der Waals surface area contributed by atoms with Gasteiger partial charge in [-0.25, -0.2) is 4.79 Å². The van der Waals surface area contributed by atoms with Crippen molar-refractivity contribution in [3.63, 3.8) is 0 Å². The zero-order chi connectivity index (χ0) is 23.5. The van der Waals surface area contributed by atoms with E-state index in [1.807, 2.05) is 22.9 Å². The van der Waals surface area contributed by atoms with Crippen LogP contribution in [0.5, 0.6) is 5.75 Å². The molecule has 6 nitrogen and oxygen atoms in total. The van der Waals surface area contributed by atoms with Crippen molar-refractivity contribution in [2.45, 2.75) is 33.1 Å². The van der Waals surface area contributed by atoms with Crippen LogP contribution in [0.1, 0.15) is 48.5 Å². The molecule has 3 aromatic rings. The van der Waals surface area contributed by atoms with Crippen LogP contribution in [0.3, 0.4) is 0 Å². The van der Waals surface area contributed by atoms with Crippen molar-refractivity contribution in [1.29, 1.82) is 0 Å². The average Bonchev–Trinajstić information content (AvgIpc) is 3.37. The third-order valence-electron chi connectivity index (χ3n) is 4.78. The number of benzene rings is 1. The molecule has 9 heteroatoms. The Hall–Kier alpha value is -2.75. The maximum atomic E-state index is 11.8. The Morgan fingerprint density at radius 2 is 1.91 bits per heavy atom. The van der Waals surface area contributed by atoms with Crippen molar-refractivity contribution in [3.8, 4) is 16.2 Å². The van der Waals surface area contributed by atoms with E-state index in [4.69, 9.17) is 17.0 Å². The summed E-state index contributed by atoms with van der Waals surface area (Å²) >= 11 is 6.76. The lowest BCUT2D eigenvalue weighted by Gasteiger charge is -2.19. The smallest absolute Gasteiger partial charge is 0.393 e. The van der Waals surface area contributed by atoms with Crippen LogP contribution in [-0.4, -0.2) is 29.0 Å². The number of esters is 1. The number of hydrazone groups is 1. The second kappa shape index (κ2) is 9.81. The average molecular weight is 489 g/mol. The lowest BCUT2D eigenvalue weighted by Crippen LogP contribution is -2.24. The number of hydrogen-bond acceptors (Lipinski definition) is 6. The summed E-state index contributed by atoms with van der Waals surface area (Å²) in [5.74, 6) is -0.212. The number of nitrogens with one attached hydrogen (secondary N) is 2. The highest BCUT2D eigenvalue weighted by atomic mass is 32.2. The number of thiophene rings is 2. The van der Waals surface area contributed by atoms with Gasteiger partial charge < -0.3 is 9.84 Å². The zero-order valence-corrected chi connectivity index (χ0v) is 21.0. The molecule has 3 N–H and O–H groups in total. The van der Waals surface area contributed by atoms with E-state index in [0.29, 0.717) is 16.2 Å². The van der Waals surface area contributed by atoms with Gasteiger partial charge in [-0.3, -0.25) is 5.43 Å². The van der Waals surface area contributed by atoms with Crippen LogP contribution in [-0.2, 0) is 10.2 Å². The minimum Gasteiger partial charge on any atom is -0.506 e. The standard InChI is InChI=1S/C23H25N3O3S3/c1-14(24-25-22(30)26-32-12-6-7-18(32)21(28)29-5)17-13-31-20(19(17)27)15-8-10-16(11-9-15)23(2,3)4/h6-13H,1-5H3,(H2-,25,26,27,30)/p+1. The predicted molar refractivity (Wildman–Crippen MR) is 138 cm³/mol. The first-order valence-electron chi connectivity index (χ1n) is 9.84. The third kappa shape index (κ3) is 5.35. The summed E-state index contributed by atoms with van der Waals surface area (Å²) in [6.45, 7) is 8.31. The minimum atomic E-state index is -0.682. The number of methoxy groups -OCH3 is 1.